The maximum absolute atomic E-state index is 11.0. The van der Waals surface area contributed by atoms with Crippen LogP contribution in [0.25, 0.3) is 0 Å². The van der Waals surface area contributed by atoms with E-state index in [1.165, 1.54) is 0 Å². The van der Waals surface area contributed by atoms with Crippen molar-refractivity contribution in [3.05, 3.63) is 18.5 Å². The summed E-state index contributed by atoms with van der Waals surface area (Å²) in [7, 11) is 0. The van der Waals surface area contributed by atoms with Crippen molar-refractivity contribution in [2.24, 2.45) is 0 Å². The van der Waals surface area contributed by atoms with Crippen LogP contribution in [0.1, 0.15) is 0 Å². The Hall–Kier alpha value is -1.45. The fraction of sp³-hybridized carbons (Fsp3) is 0.286. The molecule has 1 aliphatic heterocycles. The van der Waals surface area contributed by atoms with Crippen LogP contribution in [-0.4, -0.2) is 24.2 Å². The van der Waals surface area contributed by atoms with Gasteiger partial charge in [0.25, 0.3) is 0 Å². The van der Waals surface area contributed by atoms with E-state index in [0.717, 1.165) is 5.69 Å². The zero-order chi connectivity index (χ0) is 7.68. The molecule has 58 valence electrons. The number of amides is 1. The number of nitrogens with zero attached hydrogens (tertiary/aromatic N) is 1. The van der Waals surface area contributed by atoms with Crippen LogP contribution in [0.2, 0.25) is 0 Å². The van der Waals surface area contributed by atoms with Gasteiger partial charge in [-0.05, 0) is 6.07 Å². The standard InChI is InChI=1S/C7H8N2O2/c10-7-9(3-4-11-7)6-1-2-8-5-6/h1-2,5,8H,3-4H2. The lowest BCUT2D eigenvalue weighted by Crippen LogP contribution is -2.22. The quantitative estimate of drug-likeness (QED) is 0.651. The second-order valence-electron chi connectivity index (χ2n) is 2.34. The van der Waals surface area contributed by atoms with Crippen molar-refractivity contribution >= 4 is 11.8 Å². The summed E-state index contributed by atoms with van der Waals surface area (Å²) in [5, 5.41) is 0. The minimum absolute atomic E-state index is 0.260. The number of rotatable bonds is 1. The van der Waals surface area contributed by atoms with Crippen molar-refractivity contribution in [2.45, 2.75) is 0 Å². The van der Waals surface area contributed by atoms with Gasteiger partial charge >= 0.3 is 6.09 Å². The Kier molecular flexibility index (Phi) is 1.31. The van der Waals surface area contributed by atoms with Crippen molar-refractivity contribution in [3.63, 3.8) is 0 Å². The van der Waals surface area contributed by atoms with E-state index in [1.54, 1.807) is 17.3 Å². The van der Waals surface area contributed by atoms with Crippen LogP contribution >= 0.6 is 0 Å². The van der Waals surface area contributed by atoms with Crippen LogP contribution in [0.3, 0.4) is 0 Å². The molecule has 0 atom stereocenters. The highest BCUT2D eigenvalue weighted by Crippen LogP contribution is 2.16. The van der Waals surface area contributed by atoms with Crippen molar-refractivity contribution in [1.29, 1.82) is 0 Å². The van der Waals surface area contributed by atoms with Crippen LogP contribution in [0, 0.1) is 0 Å². The first kappa shape index (κ1) is 6.27. The van der Waals surface area contributed by atoms with E-state index in [1.807, 2.05) is 6.07 Å². The molecule has 0 saturated carbocycles. The number of ether oxygens (including phenoxy) is 1. The predicted molar refractivity (Wildman–Crippen MR) is 39.5 cm³/mol. The van der Waals surface area contributed by atoms with Gasteiger partial charge in [0, 0.05) is 12.4 Å². The summed E-state index contributed by atoms with van der Waals surface area (Å²) < 4.78 is 4.76. The van der Waals surface area contributed by atoms with Gasteiger partial charge in [0.05, 0.1) is 12.2 Å². The Labute approximate surface area is 63.8 Å². The topological polar surface area (TPSA) is 45.3 Å². The molecule has 11 heavy (non-hydrogen) atoms. The molecule has 0 bridgehead atoms. The highest BCUT2D eigenvalue weighted by molar-refractivity contribution is 5.89. The number of hydrogen-bond donors (Lipinski definition) is 1. The molecular weight excluding hydrogens is 144 g/mol. The van der Waals surface area contributed by atoms with Crippen LogP contribution < -0.4 is 4.90 Å². The number of carbonyl (C=O) groups is 1. The third-order valence-corrected chi connectivity index (χ3v) is 1.65. The van der Waals surface area contributed by atoms with Gasteiger partial charge in [-0.3, -0.25) is 4.90 Å². The summed E-state index contributed by atoms with van der Waals surface area (Å²) in [6, 6.07) is 1.84. The molecule has 0 aromatic carbocycles. The first-order chi connectivity index (χ1) is 5.38. The van der Waals surface area contributed by atoms with E-state index >= 15 is 0 Å². The van der Waals surface area contributed by atoms with E-state index in [4.69, 9.17) is 4.74 Å². The number of aromatic amines is 1. The molecule has 0 radical (unpaired) electrons. The van der Waals surface area contributed by atoms with Gasteiger partial charge in [-0.1, -0.05) is 0 Å². The molecule has 1 saturated heterocycles. The molecule has 1 aromatic heterocycles. The van der Waals surface area contributed by atoms with Crippen LogP contribution in [-0.2, 0) is 4.74 Å². The molecule has 1 aromatic rings. The second kappa shape index (κ2) is 2.30. The molecule has 4 heteroatoms. The summed E-state index contributed by atoms with van der Waals surface area (Å²) in [6.45, 7) is 1.14. The monoisotopic (exact) mass is 152 g/mol. The van der Waals surface area contributed by atoms with E-state index in [0.29, 0.717) is 13.2 Å². The summed E-state index contributed by atoms with van der Waals surface area (Å²) in [6.07, 6.45) is 3.29. The summed E-state index contributed by atoms with van der Waals surface area (Å²) >= 11 is 0. The molecule has 2 heterocycles. The molecule has 1 fully saturated rings. The molecule has 1 amide bonds. The predicted octanol–water partition coefficient (Wildman–Crippen LogP) is 0.971. The zero-order valence-corrected chi connectivity index (χ0v) is 5.91. The molecule has 0 unspecified atom stereocenters. The molecule has 2 rings (SSSR count). The molecule has 1 aliphatic rings. The minimum Gasteiger partial charge on any atom is -0.447 e. The van der Waals surface area contributed by atoms with E-state index in [9.17, 15) is 4.79 Å². The van der Waals surface area contributed by atoms with Gasteiger partial charge < -0.3 is 9.72 Å². The molecule has 0 spiro atoms. The van der Waals surface area contributed by atoms with Gasteiger partial charge in [-0.25, -0.2) is 4.79 Å². The Morgan fingerprint density at radius 3 is 3.09 bits per heavy atom. The SMILES string of the molecule is O=C1OCCN1c1cc[nH]c1. The van der Waals surface area contributed by atoms with E-state index in [2.05, 4.69) is 4.98 Å². The maximum atomic E-state index is 11.0. The van der Waals surface area contributed by atoms with Crippen molar-refractivity contribution in [2.75, 3.05) is 18.1 Å². The van der Waals surface area contributed by atoms with Crippen molar-refractivity contribution < 1.29 is 9.53 Å². The third-order valence-electron chi connectivity index (χ3n) is 1.65. The van der Waals surface area contributed by atoms with Gasteiger partial charge in [-0.2, -0.15) is 0 Å². The Morgan fingerprint density at radius 1 is 1.64 bits per heavy atom. The molecular formula is C7H8N2O2. The zero-order valence-electron chi connectivity index (χ0n) is 5.91. The maximum Gasteiger partial charge on any atom is 0.414 e. The van der Waals surface area contributed by atoms with Crippen LogP contribution in [0.15, 0.2) is 18.5 Å². The number of nitrogens with one attached hydrogen (secondary N) is 1. The summed E-state index contributed by atoms with van der Waals surface area (Å²) in [4.78, 5) is 15.4. The largest absolute Gasteiger partial charge is 0.447 e. The average molecular weight is 152 g/mol. The van der Waals surface area contributed by atoms with E-state index < -0.39 is 0 Å². The molecule has 0 aliphatic carbocycles. The average Bonchev–Trinajstić information content (AvgIpc) is 2.55. The van der Waals surface area contributed by atoms with Gasteiger partial charge in [0.1, 0.15) is 6.61 Å². The summed E-state index contributed by atoms with van der Waals surface area (Å²) in [5.41, 5.74) is 0.868. The fourth-order valence-electron chi connectivity index (χ4n) is 1.11. The van der Waals surface area contributed by atoms with Gasteiger partial charge in [0.2, 0.25) is 0 Å². The van der Waals surface area contributed by atoms with E-state index in [-0.39, 0.29) is 6.09 Å². The normalized spacial score (nSPS) is 17.1. The van der Waals surface area contributed by atoms with Crippen molar-refractivity contribution in [1.82, 2.24) is 4.98 Å². The lowest BCUT2D eigenvalue weighted by Gasteiger charge is -2.08. The number of H-pyrrole nitrogens is 1. The minimum atomic E-state index is -0.260. The van der Waals surface area contributed by atoms with Crippen LogP contribution in [0.4, 0.5) is 10.5 Å². The Morgan fingerprint density at radius 2 is 2.55 bits per heavy atom. The number of cyclic esters (lactones) is 1. The first-order valence-electron chi connectivity index (χ1n) is 3.45. The smallest absolute Gasteiger partial charge is 0.414 e. The fourth-order valence-corrected chi connectivity index (χ4v) is 1.11. The first-order valence-corrected chi connectivity index (χ1v) is 3.45. The van der Waals surface area contributed by atoms with Gasteiger partial charge in [0.15, 0.2) is 0 Å². The third kappa shape index (κ3) is 0.960. The second-order valence-corrected chi connectivity index (χ2v) is 2.34. The lowest BCUT2D eigenvalue weighted by atomic mass is 10.4. The highest BCUT2D eigenvalue weighted by atomic mass is 16.6. The Balaban J connectivity index is 2.23. The number of hydrogen-bond acceptors (Lipinski definition) is 2. The van der Waals surface area contributed by atoms with Crippen LogP contribution in [0.5, 0.6) is 0 Å². The van der Waals surface area contributed by atoms with Crippen molar-refractivity contribution in [3.8, 4) is 0 Å². The molecule has 4 nitrogen and oxygen atoms in total. The Bertz CT molecular complexity index is 255. The number of anilines is 1. The van der Waals surface area contributed by atoms with Gasteiger partial charge in [-0.15, -0.1) is 0 Å². The number of aromatic nitrogens is 1. The summed E-state index contributed by atoms with van der Waals surface area (Å²) in [5.74, 6) is 0. The highest BCUT2D eigenvalue weighted by Gasteiger charge is 2.23. The lowest BCUT2D eigenvalue weighted by molar-refractivity contribution is 0.181. The number of carbonyl (C=O) groups excluding carboxylic acids is 1. The molecule has 1 N–H and O–H groups in total.